The van der Waals surface area contributed by atoms with Gasteiger partial charge >= 0.3 is 0 Å². The molecule has 1 aliphatic rings. The number of guanidine groups is 1. The van der Waals surface area contributed by atoms with Crippen molar-refractivity contribution in [3.05, 3.63) is 53.6 Å². The fraction of sp³-hybridized carbons (Fsp3) is 0.381. The summed E-state index contributed by atoms with van der Waals surface area (Å²) in [5.41, 5.74) is 2.26. The average Bonchev–Trinajstić information content (AvgIpc) is 3.17. The molecule has 28 heavy (non-hydrogen) atoms. The van der Waals surface area contributed by atoms with Crippen LogP contribution in [-0.2, 0) is 6.54 Å². The molecule has 0 amide bonds. The molecule has 6 nitrogen and oxygen atoms in total. The molecule has 2 aromatic carbocycles. The predicted octanol–water partition coefficient (Wildman–Crippen LogP) is 3.90. The molecule has 1 atom stereocenters. The number of hydrogen-bond acceptors (Lipinski definition) is 4. The number of nitrogens with zero attached hydrogens (tertiary/aromatic N) is 1. The van der Waals surface area contributed by atoms with E-state index in [4.69, 9.17) is 14.2 Å². The lowest BCUT2D eigenvalue weighted by atomic mass is 10.0. The summed E-state index contributed by atoms with van der Waals surface area (Å²) in [6.45, 7) is 6.64. The summed E-state index contributed by atoms with van der Waals surface area (Å²) in [5.74, 6) is 3.56. The van der Waals surface area contributed by atoms with Crippen LogP contribution in [0.15, 0.2) is 47.5 Å². The van der Waals surface area contributed by atoms with E-state index < -0.39 is 0 Å². The third kappa shape index (κ3) is 5.67. The van der Waals surface area contributed by atoms with Crippen LogP contribution in [0.1, 0.15) is 30.9 Å². The van der Waals surface area contributed by atoms with Crippen LogP contribution < -0.4 is 24.8 Å². The fourth-order valence-electron chi connectivity index (χ4n) is 2.98. The Labute approximate surface area is 183 Å². The van der Waals surface area contributed by atoms with Gasteiger partial charge in [-0.25, -0.2) is 4.99 Å². The van der Waals surface area contributed by atoms with Gasteiger partial charge in [0.2, 0.25) is 6.79 Å². The second kappa shape index (κ2) is 11.0. The summed E-state index contributed by atoms with van der Waals surface area (Å²) >= 11 is 0. The van der Waals surface area contributed by atoms with E-state index in [0.29, 0.717) is 6.54 Å². The van der Waals surface area contributed by atoms with Crippen molar-refractivity contribution in [2.75, 3.05) is 27.0 Å². The average molecular weight is 497 g/mol. The number of nitrogens with one attached hydrogen (secondary N) is 2. The topological polar surface area (TPSA) is 64.1 Å². The van der Waals surface area contributed by atoms with E-state index >= 15 is 0 Å². The summed E-state index contributed by atoms with van der Waals surface area (Å²) in [5, 5.41) is 6.71. The van der Waals surface area contributed by atoms with E-state index in [0.717, 1.165) is 41.9 Å². The Morgan fingerprint density at radius 2 is 1.93 bits per heavy atom. The Morgan fingerprint density at radius 1 is 1.14 bits per heavy atom. The van der Waals surface area contributed by atoms with Gasteiger partial charge in [-0.2, -0.15) is 0 Å². The molecule has 0 spiro atoms. The summed E-state index contributed by atoms with van der Waals surface area (Å²) in [6, 6.07) is 14.0. The van der Waals surface area contributed by atoms with Gasteiger partial charge in [0.25, 0.3) is 0 Å². The molecule has 0 aliphatic carbocycles. The first kappa shape index (κ1) is 22.1. The number of hydrogen-bond donors (Lipinski definition) is 2. The smallest absolute Gasteiger partial charge is 0.231 e. The quantitative estimate of drug-likeness (QED) is 0.345. The minimum Gasteiger partial charge on any atom is -0.496 e. The van der Waals surface area contributed by atoms with Crippen LogP contribution in [-0.4, -0.2) is 33.0 Å². The van der Waals surface area contributed by atoms with Crippen molar-refractivity contribution in [3.8, 4) is 17.2 Å². The van der Waals surface area contributed by atoms with Crippen molar-refractivity contribution in [3.63, 3.8) is 0 Å². The van der Waals surface area contributed by atoms with Crippen LogP contribution in [0.3, 0.4) is 0 Å². The SMILES string of the molecule is CCNC(=NCc1ccc2c(c1)OCO2)NCC(C)c1ccccc1OC.I. The first-order valence-corrected chi connectivity index (χ1v) is 9.25. The molecule has 0 aromatic heterocycles. The van der Waals surface area contributed by atoms with Gasteiger partial charge in [-0.1, -0.05) is 31.2 Å². The van der Waals surface area contributed by atoms with E-state index in [1.54, 1.807) is 7.11 Å². The molecular weight excluding hydrogens is 469 g/mol. The van der Waals surface area contributed by atoms with Crippen molar-refractivity contribution >= 4 is 29.9 Å². The molecular formula is C21H28IN3O3. The van der Waals surface area contributed by atoms with Gasteiger partial charge in [-0.3, -0.25) is 0 Å². The first-order valence-electron chi connectivity index (χ1n) is 9.25. The van der Waals surface area contributed by atoms with Crippen molar-refractivity contribution < 1.29 is 14.2 Å². The lowest BCUT2D eigenvalue weighted by Crippen LogP contribution is -2.39. The molecule has 152 valence electrons. The van der Waals surface area contributed by atoms with E-state index in [1.807, 2.05) is 36.4 Å². The maximum Gasteiger partial charge on any atom is 0.231 e. The maximum atomic E-state index is 5.47. The Kier molecular flexibility index (Phi) is 8.69. The van der Waals surface area contributed by atoms with Gasteiger partial charge in [0.05, 0.1) is 13.7 Å². The number of fused-ring (bicyclic) bond motifs is 1. The third-order valence-corrected chi connectivity index (χ3v) is 4.45. The Hall–Kier alpha value is -2.16. The van der Waals surface area contributed by atoms with Gasteiger partial charge in [0.15, 0.2) is 17.5 Å². The highest BCUT2D eigenvalue weighted by molar-refractivity contribution is 14.0. The predicted molar refractivity (Wildman–Crippen MR) is 122 cm³/mol. The normalized spacial score (nSPS) is 13.5. The zero-order valence-corrected chi connectivity index (χ0v) is 18.9. The third-order valence-electron chi connectivity index (χ3n) is 4.45. The highest BCUT2D eigenvalue weighted by Crippen LogP contribution is 2.32. The van der Waals surface area contributed by atoms with Crippen molar-refractivity contribution in [2.24, 2.45) is 4.99 Å². The van der Waals surface area contributed by atoms with Crippen LogP contribution in [0, 0.1) is 0 Å². The minimum atomic E-state index is 0. The van der Waals surface area contributed by atoms with Crippen LogP contribution in [0.4, 0.5) is 0 Å². The maximum absolute atomic E-state index is 5.47. The second-order valence-corrected chi connectivity index (χ2v) is 6.41. The van der Waals surface area contributed by atoms with Crippen LogP contribution in [0.25, 0.3) is 0 Å². The Bertz CT molecular complexity index is 798. The minimum absolute atomic E-state index is 0. The number of ether oxygens (including phenoxy) is 3. The van der Waals surface area contributed by atoms with Crippen LogP contribution >= 0.6 is 24.0 Å². The summed E-state index contributed by atoms with van der Waals surface area (Å²) in [6.07, 6.45) is 0. The molecule has 2 aromatic rings. The number of rotatable bonds is 7. The largest absolute Gasteiger partial charge is 0.496 e. The molecule has 1 heterocycles. The monoisotopic (exact) mass is 497 g/mol. The zero-order valence-electron chi connectivity index (χ0n) is 16.5. The zero-order chi connectivity index (χ0) is 19.1. The van der Waals surface area contributed by atoms with Crippen molar-refractivity contribution in [2.45, 2.75) is 26.3 Å². The van der Waals surface area contributed by atoms with E-state index in [-0.39, 0.29) is 36.7 Å². The second-order valence-electron chi connectivity index (χ2n) is 6.41. The van der Waals surface area contributed by atoms with E-state index in [9.17, 15) is 0 Å². The molecule has 0 radical (unpaired) electrons. The molecule has 0 saturated heterocycles. The molecule has 0 fully saturated rings. The van der Waals surface area contributed by atoms with E-state index in [2.05, 4.69) is 35.5 Å². The molecule has 0 saturated carbocycles. The standard InChI is InChI=1S/C21H27N3O3.HI/c1-4-22-21(23-12-15(2)17-7-5-6-8-18(17)25-3)24-13-16-9-10-19-20(11-16)27-14-26-19;/h5-11,15H,4,12-14H2,1-3H3,(H2,22,23,24);1H. The molecule has 2 N–H and O–H groups in total. The summed E-state index contributed by atoms with van der Waals surface area (Å²) in [7, 11) is 1.70. The molecule has 3 rings (SSSR count). The van der Waals surface area contributed by atoms with Crippen molar-refractivity contribution in [1.82, 2.24) is 10.6 Å². The Morgan fingerprint density at radius 3 is 2.71 bits per heavy atom. The van der Waals surface area contributed by atoms with Gasteiger partial charge < -0.3 is 24.8 Å². The van der Waals surface area contributed by atoms with Crippen LogP contribution in [0.5, 0.6) is 17.2 Å². The van der Waals surface area contributed by atoms with Gasteiger partial charge in [-0.05, 0) is 36.2 Å². The number of halogens is 1. The molecule has 1 aliphatic heterocycles. The van der Waals surface area contributed by atoms with Crippen LogP contribution in [0.2, 0.25) is 0 Å². The van der Waals surface area contributed by atoms with Gasteiger partial charge in [-0.15, -0.1) is 24.0 Å². The number of methoxy groups -OCH3 is 1. The highest BCUT2D eigenvalue weighted by atomic mass is 127. The van der Waals surface area contributed by atoms with E-state index in [1.165, 1.54) is 5.56 Å². The number of aliphatic imine (C=N–C) groups is 1. The van der Waals surface area contributed by atoms with Gasteiger partial charge in [0, 0.05) is 19.0 Å². The lowest BCUT2D eigenvalue weighted by molar-refractivity contribution is 0.174. The number of benzene rings is 2. The first-order chi connectivity index (χ1) is 13.2. The number of para-hydroxylation sites is 1. The van der Waals surface area contributed by atoms with Crippen molar-refractivity contribution in [1.29, 1.82) is 0 Å². The molecule has 1 unspecified atom stereocenters. The molecule has 7 heteroatoms. The molecule has 0 bridgehead atoms. The van der Waals surface area contributed by atoms with Gasteiger partial charge in [0.1, 0.15) is 5.75 Å². The Balaban J connectivity index is 0.00000280. The highest BCUT2D eigenvalue weighted by Gasteiger charge is 2.14. The summed E-state index contributed by atoms with van der Waals surface area (Å²) < 4.78 is 16.2. The fourth-order valence-corrected chi connectivity index (χ4v) is 2.98. The lowest BCUT2D eigenvalue weighted by Gasteiger charge is -2.18. The summed E-state index contributed by atoms with van der Waals surface area (Å²) in [4.78, 5) is 4.68.